The molecule has 0 fully saturated rings. The fourth-order valence-corrected chi connectivity index (χ4v) is 3.72. The summed E-state index contributed by atoms with van der Waals surface area (Å²) in [6.45, 7) is 3.70. The van der Waals surface area contributed by atoms with Gasteiger partial charge in [0.2, 0.25) is 0 Å². The van der Waals surface area contributed by atoms with Gasteiger partial charge in [0.05, 0.1) is 33.5 Å². The average molecular weight is 796 g/mol. The molecule has 1 amide bonds. The molecule has 212 valence electrons. The van der Waals surface area contributed by atoms with Crippen LogP contribution in [-0.4, -0.2) is 46.6 Å². The van der Waals surface area contributed by atoms with E-state index in [1.54, 1.807) is 30.7 Å². The van der Waals surface area contributed by atoms with E-state index in [0.29, 0.717) is 11.3 Å². The average Bonchev–Trinajstić information content (AvgIpc) is 3.04. The van der Waals surface area contributed by atoms with Crippen molar-refractivity contribution in [3.8, 4) is 0 Å². The van der Waals surface area contributed by atoms with Crippen LogP contribution in [0.15, 0.2) is 110 Å². The van der Waals surface area contributed by atoms with Crippen LogP contribution >= 0.6 is 0 Å². The minimum Gasteiger partial charge on any atom is -0.478 e. The molecule has 0 bridgehead atoms. The topological polar surface area (TPSA) is 144 Å². The van der Waals surface area contributed by atoms with Crippen molar-refractivity contribution in [1.82, 2.24) is 19.9 Å². The van der Waals surface area contributed by atoms with Crippen LogP contribution in [0.4, 0.5) is 11.4 Å². The third kappa shape index (κ3) is 9.74. The standard InChI is InChI=1S/C16H13N3O.C9H8N2.C7H7NO2.BH.U/c1-11-7-8-13(10-18-11)16(20)19-14-6-2-4-12-5-3-9-17-15(12)14;10-8-5-1-3-7-4-2-6-11-9(7)8;1-5-2-3-6(4-8-5)7(9)10;;/h2-10H,1H3,(H,19,20);1-6H,10H2;2-4H,1H3,(H,9,10);1H;/i;;;1T;. The van der Waals surface area contributed by atoms with Crippen molar-refractivity contribution < 1.29 is 45.8 Å². The Morgan fingerprint density at radius 3 is 1.77 bits per heavy atom. The molecule has 43 heavy (non-hydrogen) atoms. The third-order valence-electron chi connectivity index (χ3n) is 5.88. The number of para-hydroxylation sites is 2. The van der Waals surface area contributed by atoms with E-state index >= 15 is 0 Å². The summed E-state index contributed by atoms with van der Waals surface area (Å²) >= 11 is 0. The molecule has 0 saturated carbocycles. The number of nitrogens with two attached hydrogens (primary N) is 1. The molecule has 2 radical (unpaired) electrons. The number of aromatic carboxylic acids is 1. The minimum atomic E-state index is -0.937. The van der Waals surface area contributed by atoms with Gasteiger partial charge in [-0.25, -0.2) is 4.79 Å². The van der Waals surface area contributed by atoms with Gasteiger partial charge in [-0.1, -0.05) is 36.4 Å². The maximum atomic E-state index is 12.2. The summed E-state index contributed by atoms with van der Waals surface area (Å²) < 4.78 is 5.25. The Kier molecular flexibility index (Phi) is 12.8. The quantitative estimate of drug-likeness (QED) is 0.159. The normalized spacial score (nSPS) is 9.77. The zero-order valence-electron chi connectivity index (χ0n) is 24.6. The molecule has 0 aliphatic carbocycles. The second-order valence-electron chi connectivity index (χ2n) is 8.94. The van der Waals surface area contributed by atoms with E-state index in [2.05, 4.69) is 33.6 Å². The number of amides is 1. The Bertz CT molecular complexity index is 1800. The number of hydrogen-bond acceptors (Lipinski definition) is 7. The fraction of sp³-hybridized carbons (Fsp3) is 0.0625. The van der Waals surface area contributed by atoms with Gasteiger partial charge in [-0.15, -0.1) is 0 Å². The summed E-state index contributed by atoms with van der Waals surface area (Å²) in [5.74, 6) is -1.12. The van der Waals surface area contributed by atoms with Crippen molar-refractivity contribution in [2.75, 3.05) is 11.1 Å². The first-order valence-electron chi connectivity index (χ1n) is 13.2. The van der Waals surface area contributed by atoms with E-state index in [1.165, 1.54) is 12.3 Å². The summed E-state index contributed by atoms with van der Waals surface area (Å²) in [7, 11) is 3.75. The zero-order valence-corrected chi connectivity index (χ0v) is 27.8. The Labute approximate surface area is 276 Å². The first-order chi connectivity index (χ1) is 20.8. The van der Waals surface area contributed by atoms with Gasteiger partial charge in [-0.2, -0.15) is 0 Å². The van der Waals surface area contributed by atoms with Crippen LogP contribution in [0.25, 0.3) is 21.8 Å². The second kappa shape index (κ2) is 16.8. The summed E-state index contributed by atoms with van der Waals surface area (Å²) in [6, 6.07) is 26.0. The molecule has 4 aromatic heterocycles. The maximum Gasteiger partial charge on any atom is 0.337 e. The third-order valence-corrected chi connectivity index (χ3v) is 5.88. The summed E-state index contributed by atoms with van der Waals surface area (Å²) in [5, 5.41) is 13.4. The van der Waals surface area contributed by atoms with Crippen molar-refractivity contribution in [3.05, 3.63) is 132 Å². The Morgan fingerprint density at radius 1 is 0.721 bits per heavy atom. The molecule has 9 nitrogen and oxygen atoms in total. The van der Waals surface area contributed by atoms with E-state index in [-0.39, 0.29) is 42.6 Å². The number of carboxylic acids is 1. The van der Waals surface area contributed by atoms with Crippen LogP contribution in [0, 0.1) is 45.0 Å². The molecule has 4 heterocycles. The second-order valence-corrected chi connectivity index (χ2v) is 8.94. The van der Waals surface area contributed by atoms with Crippen molar-refractivity contribution in [3.63, 3.8) is 0 Å². The van der Waals surface area contributed by atoms with E-state index in [0.717, 1.165) is 38.9 Å². The molecular formula is C32H29BN6O3U. The molecule has 0 aliphatic heterocycles. The maximum absolute atomic E-state index is 12.2. The summed E-state index contributed by atoms with van der Waals surface area (Å²) in [6.07, 6.45) is 6.38. The van der Waals surface area contributed by atoms with Crippen LogP contribution in [0.3, 0.4) is 0 Å². The van der Waals surface area contributed by atoms with Crippen LogP contribution in [0.5, 0.6) is 0 Å². The smallest absolute Gasteiger partial charge is 0.337 e. The van der Waals surface area contributed by atoms with Crippen LogP contribution in [0.2, 0.25) is 0 Å². The predicted octanol–water partition coefficient (Wildman–Crippen LogP) is 5.45. The van der Waals surface area contributed by atoms with Gasteiger partial charge >= 0.3 is 5.97 Å². The van der Waals surface area contributed by atoms with Crippen molar-refractivity contribution in [2.24, 2.45) is 0 Å². The Hall–Kier alpha value is -4.58. The molecule has 6 rings (SSSR count). The van der Waals surface area contributed by atoms with Crippen LogP contribution in [-0.2, 0) is 0 Å². The Morgan fingerprint density at radius 2 is 1.23 bits per heavy atom. The molecule has 2 aromatic carbocycles. The fourth-order valence-electron chi connectivity index (χ4n) is 3.72. The van der Waals surface area contributed by atoms with E-state index in [9.17, 15) is 9.59 Å². The number of nitrogens with zero attached hydrogens (tertiary/aromatic N) is 4. The summed E-state index contributed by atoms with van der Waals surface area (Å²) in [4.78, 5) is 38.9. The van der Waals surface area contributed by atoms with Gasteiger partial charge < -0.3 is 16.2 Å². The van der Waals surface area contributed by atoms with E-state index in [4.69, 9.17) is 12.2 Å². The number of anilines is 2. The largest absolute Gasteiger partial charge is 0.478 e. The van der Waals surface area contributed by atoms with E-state index in [1.807, 2.05) is 80.6 Å². The number of nitrogens with one attached hydrogen (secondary N) is 1. The first-order valence-corrected chi connectivity index (χ1v) is 12.6. The van der Waals surface area contributed by atoms with Crippen molar-refractivity contribution in [2.45, 2.75) is 13.8 Å². The number of carboxylic acid groups (broad SMARTS) is 1. The van der Waals surface area contributed by atoms with Crippen LogP contribution in [0.1, 0.15) is 32.1 Å². The van der Waals surface area contributed by atoms with Gasteiger partial charge in [-0.05, 0) is 63.7 Å². The molecule has 0 aliphatic rings. The van der Waals surface area contributed by atoms with Crippen LogP contribution < -0.4 is 11.1 Å². The number of benzene rings is 2. The Balaban J connectivity index is 0.000000240. The van der Waals surface area contributed by atoms with Crippen molar-refractivity contribution >= 4 is 53.4 Å². The van der Waals surface area contributed by atoms with Gasteiger partial charge in [0, 0.05) is 86.4 Å². The number of carbonyl (C=O) groups excluding carboxylic acids is 1. The molecule has 0 atom stereocenters. The molecule has 4 N–H and O–H groups in total. The van der Waals surface area contributed by atoms with Gasteiger partial charge in [0.15, 0.2) is 0 Å². The predicted molar refractivity (Wildman–Crippen MR) is 168 cm³/mol. The number of hydrogen-bond donors (Lipinski definition) is 3. The molecule has 11 heteroatoms. The number of aryl methyl sites for hydroxylation is 2. The number of aromatic nitrogens is 4. The minimum absolute atomic E-state index is 0. The molecule has 6 aromatic rings. The van der Waals surface area contributed by atoms with Gasteiger partial charge in [0.25, 0.3) is 5.91 Å². The number of rotatable bonds is 3. The van der Waals surface area contributed by atoms with E-state index < -0.39 is 5.97 Å². The molecular weight excluding hydrogens is 765 g/mol. The molecule has 0 saturated heterocycles. The molecule has 0 spiro atoms. The number of pyridine rings is 4. The van der Waals surface area contributed by atoms with Crippen molar-refractivity contribution in [1.29, 1.82) is 1.34 Å². The first kappa shape index (κ1) is 32.9. The zero-order chi connectivity index (χ0) is 31.2. The number of fused-ring (bicyclic) bond motifs is 2. The number of carbonyl (C=O) groups is 2. The van der Waals surface area contributed by atoms with Gasteiger partial charge in [-0.3, -0.25) is 24.7 Å². The SMILES string of the molecule is Cc1ccc(C(=O)Nc2cccc3cccnc23)cn1.Cc1ccc(C(=O)O)cn1.Nc1cccc2cccnc12.[3H][B].[U]. The number of nitrogen functional groups attached to an aromatic ring is 1. The molecule has 0 unspecified atom stereocenters. The van der Waals surface area contributed by atoms with Gasteiger partial charge in [0.1, 0.15) is 0 Å². The monoisotopic (exact) mass is 796 g/mol. The summed E-state index contributed by atoms with van der Waals surface area (Å²) in [5.41, 5.74) is 11.3.